The maximum Gasteiger partial charge on any atom is 0.0601 e. The summed E-state index contributed by atoms with van der Waals surface area (Å²) < 4.78 is 5.25. The lowest BCUT2D eigenvalue weighted by molar-refractivity contribution is 0.0137. The normalized spacial score (nSPS) is 29.8. The number of hydrogen-bond acceptors (Lipinski definition) is 2. The summed E-state index contributed by atoms with van der Waals surface area (Å²) >= 11 is 0. The van der Waals surface area contributed by atoms with E-state index in [1.807, 2.05) is 7.11 Å². The number of methoxy groups -OCH3 is 1. The van der Waals surface area contributed by atoms with Crippen molar-refractivity contribution in [1.82, 2.24) is 5.32 Å². The SMILES string of the molecule is CCCC(CC)NC1CC(OC)C1. The molecule has 0 aromatic rings. The molecule has 1 unspecified atom stereocenters. The minimum absolute atomic E-state index is 0.525. The van der Waals surface area contributed by atoms with Crippen molar-refractivity contribution in [2.75, 3.05) is 7.11 Å². The Kier molecular flexibility index (Phi) is 4.74. The Morgan fingerprint density at radius 2 is 2.08 bits per heavy atom. The maximum absolute atomic E-state index is 5.25. The van der Waals surface area contributed by atoms with E-state index in [-0.39, 0.29) is 0 Å². The van der Waals surface area contributed by atoms with Crippen molar-refractivity contribution in [1.29, 1.82) is 0 Å². The predicted octanol–water partition coefficient (Wildman–Crippen LogP) is 2.33. The van der Waals surface area contributed by atoms with Crippen LogP contribution in [-0.2, 0) is 4.74 Å². The highest BCUT2D eigenvalue weighted by molar-refractivity contribution is 4.87. The zero-order valence-electron chi connectivity index (χ0n) is 9.18. The van der Waals surface area contributed by atoms with Gasteiger partial charge in [0.05, 0.1) is 6.10 Å². The van der Waals surface area contributed by atoms with Crippen molar-refractivity contribution in [2.24, 2.45) is 0 Å². The first-order valence-corrected chi connectivity index (χ1v) is 5.59. The third kappa shape index (κ3) is 3.28. The van der Waals surface area contributed by atoms with Crippen LogP contribution in [0.2, 0.25) is 0 Å². The standard InChI is InChI=1S/C11H23NO/c1-4-6-9(5-2)12-10-7-11(8-10)13-3/h9-12H,4-8H2,1-3H3. The van der Waals surface area contributed by atoms with Gasteiger partial charge in [0.2, 0.25) is 0 Å². The van der Waals surface area contributed by atoms with E-state index >= 15 is 0 Å². The third-order valence-corrected chi connectivity index (χ3v) is 3.03. The average molecular weight is 185 g/mol. The van der Waals surface area contributed by atoms with Gasteiger partial charge in [0.25, 0.3) is 0 Å². The maximum atomic E-state index is 5.25. The summed E-state index contributed by atoms with van der Waals surface area (Å²) in [6.07, 6.45) is 6.78. The minimum atomic E-state index is 0.525. The first kappa shape index (κ1) is 11.0. The molecule has 1 N–H and O–H groups in total. The molecule has 1 rings (SSSR count). The molecule has 0 aliphatic heterocycles. The van der Waals surface area contributed by atoms with E-state index in [0.29, 0.717) is 6.10 Å². The van der Waals surface area contributed by atoms with Crippen LogP contribution in [0, 0.1) is 0 Å². The Morgan fingerprint density at radius 1 is 1.38 bits per heavy atom. The van der Waals surface area contributed by atoms with Crippen LogP contribution in [-0.4, -0.2) is 25.3 Å². The van der Waals surface area contributed by atoms with Gasteiger partial charge in [-0.3, -0.25) is 0 Å². The molecular weight excluding hydrogens is 162 g/mol. The van der Waals surface area contributed by atoms with Gasteiger partial charge in [0.15, 0.2) is 0 Å². The first-order chi connectivity index (χ1) is 6.30. The van der Waals surface area contributed by atoms with E-state index in [2.05, 4.69) is 19.2 Å². The first-order valence-electron chi connectivity index (χ1n) is 5.59. The molecule has 1 atom stereocenters. The predicted molar refractivity (Wildman–Crippen MR) is 55.9 cm³/mol. The molecule has 2 heteroatoms. The van der Waals surface area contributed by atoms with Crippen molar-refractivity contribution in [3.8, 4) is 0 Å². The van der Waals surface area contributed by atoms with Gasteiger partial charge in [-0.25, -0.2) is 0 Å². The van der Waals surface area contributed by atoms with Crippen LogP contribution >= 0.6 is 0 Å². The van der Waals surface area contributed by atoms with Crippen molar-refractivity contribution >= 4 is 0 Å². The van der Waals surface area contributed by atoms with Crippen molar-refractivity contribution in [3.63, 3.8) is 0 Å². The van der Waals surface area contributed by atoms with Gasteiger partial charge in [-0.2, -0.15) is 0 Å². The monoisotopic (exact) mass is 185 g/mol. The minimum Gasteiger partial charge on any atom is -0.381 e. The van der Waals surface area contributed by atoms with Crippen LogP contribution in [0.5, 0.6) is 0 Å². The fraction of sp³-hybridized carbons (Fsp3) is 1.00. The van der Waals surface area contributed by atoms with Gasteiger partial charge < -0.3 is 10.1 Å². The third-order valence-electron chi connectivity index (χ3n) is 3.03. The van der Waals surface area contributed by atoms with Gasteiger partial charge >= 0.3 is 0 Å². The summed E-state index contributed by atoms with van der Waals surface area (Å²) in [7, 11) is 1.81. The molecule has 1 aliphatic carbocycles. The van der Waals surface area contributed by atoms with Crippen LogP contribution in [0.3, 0.4) is 0 Å². The molecule has 1 saturated carbocycles. The Bertz CT molecular complexity index is 132. The van der Waals surface area contributed by atoms with Gasteiger partial charge in [-0.05, 0) is 25.7 Å². The Balaban J connectivity index is 2.10. The van der Waals surface area contributed by atoms with Crippen LogP contribution in [0.25, 0.3) is 0 Å². The highest BCUT2D eigenvalue weighted by Crippen LogP contribution is 2.23. The van der Waals surface area contributed by atoms with Crippen molar-refractivity contribution in [3.05, 3.63) is 0 Å². The highest BCUT2D eigenvalue weighted by Gasteiger charge is 2.29. The molecule has 78 valence electrons. The Labute approximate surface area is 82.0 Å². The van der Waals surface area contributed by atoms with E-state index in [0.717, 1.165) is 12.1 Å². The zero-order valence-corrected chi connectivity index (χ0v) is 9.18. The summed E-state index contributed by atoms with van der Waals surface area (Å²) in [6, 6.07) is 1.45. The topological polar surface area (TPSA) is 21.3 Å². The largest absolute Gasteiger partial charge is 0.381 e. The molecule has 2 nitrogen and oxygen atoms in total. The molecule has 0 amide bonds. The number of nitrogens with one attached hydrogen (secondary N) is 1. The van der Waals surface area contributed by atoms with Gasteiger partial charge in [-0.1, -0.05) is 20.3 Å². The van der Waals surface area contributed by atoms with E-state index in [1.165, 1.54) is 32.1 Å². The molecule has 1 aliphatic rings. The molecular formula is C11H23NO. The molecule has 0 radical (unpaired) electrons. The number of ether oxygens (including phenoxy) is 1. The lowest BCUT2D eigenvalue weighted by Gasteiger charge is -2.37. The quantitative estimate of drug-likeness (QED) is 0.685. The zero-order chi connectivity index (χ0) is 9.68. The summed E-state index contributed by atoms with van der Waals surface area (Å²) in [6.45, 7) is 4.52. The number of rotatable bonds is 6. The van der Waals surface area contributed by atoms with Crippen molar-refractivity contribution < 1.29 is 4.74 Å². The average Bonchev–Trinajstić information content (AvgIpc) is 2.08. The molecule has 0 heterocycles. The smallest absolute Gasteiger partial charge is 0.0601 e. The molecule has 0 bridgehead atoms. The Hall–Kier alpha value is -0.0800. The van der Waals surface area contributed by atoms with Gasteiger partial charge in [0.1, 0.15) is 0 Å². The summed E-state index contributed by atoms with van der Waals surface area (Å²) in [4.78, 5) is 0. The van der Waals surface area contributed by atoms with Crippen LogP contribution in [0.15, 0.2) is 0 Å². The number of hydrogen-bond donors (Lipinski definition) is 1. The second-order valence-electron chi connectivity index (χ2n) is 4.09. The fourth-order valence-electron chi connectivity index (χ4n) is 1.98. The van der Waals surface area contributed by atoms with Crippen LogP contribution in [0.1, 0.15) is 46.0 Å². The molecule has 13 heavy (non-hydrogen) atoms. The highest BCUT2D eigenvalue weighted by atomic mass is 16.5. The fourth-order valence-corrected chi connectivity index (χ4v) is 1.98. The summed E-state index contributed by atoms with van der Waals surface area (Å²) in [5.41, 5.74) is 0. The van der Waals surface area contributed by atoms with Crippen LogP contribution in [0.4, 0.5) is 0 Å². The van der Waals surface area contributed by atoms with Gasteiger partial charge in [-0.15, -0.1) is 0 Å². The van der Waals surface area contributed by atoms with Crippen LogP contribution < -0.4 is 5.32 Å². The Morgan fingerprint density at radius 3 is 2.54 bits per heavy atom. The molecule has 1 fully saturated rings. The summed E-state index contributed by atoms with van der Waals surface area (Å²) in [5.74, 6) is 0. The van der Waals surface area contributed by atoms with E-state index < -0.39 is 0 Å². The van der Waals surface area contributed by atoms with E-state index in [9.17, 15) is 0 Å². The van der Waals surface area contributed by atoms with Crippen molar-refractivity contribution in [2.45, 2.75) is 64.1 Å². The molecule has 0 aromatic carbocycles. The lowest BCUT2D eigenvalue weighted by atomic mass is 9.88. The second-order valence-corrected chi connectivity index (χ2v) is 4.09. The second kappa shape index (κ2) is 5.61. The lowest BCUT2D eigenvalue weighted by Crippen LogP contribution is -2.48. The van der Waals surface area contributed by atoms with E-state index in [4.69, 9.17) is 4.74 Å². The molecule has 0 aromatic heterocycles. The molecule has 0 spiro atoms. The summed E-state index contributed by atoms with van der Waals surface area (Å²) in [5, 5.41) is 3.69. The van der Waals surface area contributed by atoms with Gasteiger partial charge in [0, 0.05) is 19.2 Å². The molecule has 0 saturated heterocycles. The van der Waals surface area contributed by atoms with E-state index in [1.54, 1.807) is 0 Å².